The molecule has 0 radical (unpaired) electrons. The van der Waals surface area contributed by atoms with Crippen molar-refractivity contribution in [3.05, 3.63) is 212 Å². The standard InChI is InChI=1S/C50H35N/c1-2-12-36(13-3-1)37-26-28-38(29-27-37)42-18-8-20-45(34-42)51(44-32-30-41(31-33-44)49-24-10-16-39-14-4-6-22-47(39)49)46-21-9-19-43(35-46)50-25-11-17-40-15-5-7-23-48(40)50/h1-35H. The molecule has 0 unspecified atom stereocenters. The van der Waals surface area contributed by atoms with E-state index in [4.69, 9.17) is 0 Å². The molecule has 51 heavy (non-hydrogen) atoms. The first-order valence-corrected chi connectivity index (χ1v) is 17.5. The van der Waals surface area contributed by atoms with Crippen LogP contribution in [0.2, 0.25) is 0 Å². The van der Waals surface area contributed by atoms with Crippen molar-refractivity contribution in [3.8, 4) is 44.5 Å². The summed E-state index contributed by atoms with van der Waals surface area (Å²) in [5.74, 6) is 0. The van der Waals surface area contributed by atoms with Gasteiger partial charge in [0.05, 0.1) is 0 Å². The van der Waals surface area contributed by atoms with Crippen molar-refractivity contribution in [1.29, 1.82) is 0 Å². The molecule has 0 bridgehead atoms. The van der Waals surface area contributed by atoms with E-state index in [1.54, 1.807) is 0 Å². The van der Waals surface area contributed by atoms with E-state index in [0.717, 1.165) is 17.1 Å². The minimum absolute atomic E-state index is 1.10. The highest BCUT2D eigenvalue weighted by Crippen LogP contribution is 2.40. The lowest BCUT2D eigenvalue weighted by Gasteiger charge is -2.27. The van der Waals surface area contributed by atoms with Gasteiger partial charge >= 0.3 is 0 Å². The molecule has 0 N–H and O–H groups in total. The average Bonchev–Trinajstić information content (AvgIpc) is 3.21. The first kappa shape index (κ1) is 30.4. The number of hydrogen-bond donors (Lipinski definition) is 0. The van der Waals surface area contributed by atoms with Gasteiger partial charge in [0.25, 0.3) is 0 Å². The normalized spacial score (nSPS) is 11.1. The zero-order valence-electron chi connectivity index (χ0n) is 28.2. The molecule has 0 aromatic heterocycles. The molecule has 1 nitrogen and oxygen atoms in total. The summed E-state index contributed by atoms with van der Waals surface area (Å²) < 4.78 is 0. The van der Waals surface area contributed by atoms with Crippen LogP contribution in [0.25, 0.3) is 66.1 Å². The van der Waals surface area contributed by atoms with Gasteiger partial charge in [-0.15, -0.1) is 0 Å². The minimum atomic E-state index is 1.10. The van der Waals surface area contributed by atoms with Gasteiger partial charge in [-0.25, -0.2) is 0 Å². The molecule has 240 valence electrons. The van der Waals surface area contributed by atoms with Gasteiger partial charge in [-0.1, -0.05) is 176 Å². The zero-order chi connectivity index (χ0) is 34.0. The lowest BCUT2D eigenvalue weighted by molar-refractivity contribution is 1.28. The van der Waals surface area contributed by atoms with Gasteiger partial charge < -0.3 is 4.90 Å². The van der Waals surface area contributed by atoms with Crippen LogP contribution in [0.4, 0.5) is 17.1 Å². The van der Waals surface area contributed by atoms with E-state index >= 15 is 0 Å². The predicted octanol–water partition coefficient (Wildman–Crippen LogP) is 14.1. The molecular weight excluding hydrogens is 615 g/mol. The minimum Gasteiger partial charge on any atom is -0.310 e. The molecule has 0 aliphatic carbocycles. The average molecular weight is 650 g/mol. The van der Waals surface area contributed by atoms with Gasteiger partial charge in [0, 0.05) is 17.1 Å². The Bertz CT molecular complexity index is 2610. The fraction of sp³-hybridized carbons (Fsp3) is 0. The van der Waals surface area contributed by atoms with Gasteiger partial charge in [-0.05, 0) is 102 Å². The highest BCUT2D eigenvalue weighted by atomic mass is 15.1. The van der Waals surface area contributed by atoms with Crippen LogP contribution in [0.3, 0.4) is 0 Å². The van der Waals surface area contributed by atoms with E-state index in [1.165, 1.54) is 66.1 Å². The van der Waals surface area contributed by atoms with Crippen molar-refractivity contribution in [3.63, 3.8) is 0 Å². The summed E-state index contributed by atoms with van der Waals surface area (Å²) in [7, 11) is 0. The number of hydrogen-bond acceptors (Lipinski definition) is 1. The molecule has 9 aromatic rings. The molecule has 0 atom stereocenters. The number of nitrogens with zero attached hydrogens (tertiary/aromatic N) is 1. The van der Waals surface area contributed by atoms with Crippen LogP contribution >= 0.6 is 0 Å². The summed E-state index contributed by atoms with van der Waals surface area (Å²) in [6, 6.07) is 76.6. The molecule has 0 aliphatic rings. The van der Waals surface area contributed by atoms with Gasteiger partial charge in [0.15, 0.2) is 0 Å². The van der Waals surface area contributed by atoms with Crippen molar-refractivity contribution < 1.29 is 0 Å². The SMILES string of the molecule is c1ccc(-c2ccc(-c3cccc(N(c4ccc(-c5cccc6ccccc56)cc4)c4cccc(-c5cccc6ccccc56)c4)c3)cc2)cc1. The van der Waals surface area contributed by atoms with Crippen molar-refractivity contribution in [2.24, 2.45) is 0 Å². The molecule has 0 fully saturated rings. The van der Waals surface area contributed by atoms with Crippen molar-refractivity contribution in [2.45, 2.75) is 0 Å². The monoisotopic (exact) mass is 649 g/mol. The third-order valence-electron chi connectivity index (χ3n) is 9.86. The zero-order valence-corrected chi connectivity index (χ0v) is 28.2. The van der Waals surface area contributed by atoms with Crippen molar-refractivity contribution >= 4 is 38.6 Å². The third kappa shape index (κ3) is 5.96. The molecule has 0 heterocycles. The van der Waals surface area contributed by atoms with Gasteiger partial charge in [0.2, 0.25) is 0 Å². The second kappa shape index (κ2) is 13.3. The Labute approximate surface area is 299 Å². The summed E-state index contributed by atoms with van der Waals surface area (Å²) in [4.78, 5) is 2.38. The molecule has 1 heteroatoms. The Kier molecular flexibility index (Phi) is 7.92. The molecule has 0 saturated carbocycles. The molecule has 9 aromatic carbocycles. The lowest BCUT2D eigenvalue weighted by atomic mass is 9.97. The van der Waals surface area contributed by atoms with Crippen LogP contribution in [0, 0.1) is 0 Å². The summed E-state index contributed by atoms with van der Waals surface area (Å²) in [6.07, 6.45) is 0. The number of rotatable bonds is 7. The molecule has 0 aliphatic heterocycles. The third-order valence-corrected chi connectivity index (χ3v) is 9.86. The maximum atomic E-state index is 2.38. The molecule has 0 amide bonds. The van der Waals surface area contributed by atoms with E-state index in [2.05, 4.69) is 217 Å². The maximum absolute atomic E-state index is 2.38. The number of fused-ring (bicyclic) bond motifs is 2. The molecule has 9 rings (SSSR count). The predicted molar refractivity (Wildman–Crippen MR) is 218 cm³/mol. The van der Waals surface area contributed by atoms with Crippen LogP contribution < -0.4 is 4.90 Å². The number of anilines is 3. The Morgan fingerprint density at radius 3 is 1.27 bits per heavy atom. The quantitative estimate of drug-likeness (QED) is 0.166. The Morgan fingerprint density at radius 1 is 0.235 bits per heavy atom. The number of benzene rings is 9. The molecule has 0 spiro atoms. The van der Waals surface area contributed by atoms with Crippen molar-refractivity contribution in [2.75, 3.05) is 4.90 Å². The van der Waals surface area contributed by atoms with Crippen LogP contribution in [-0.2, 0) is 0 Å². The second-order valence-corrected chi connectivity index (χ2v) is 13.0. The van der Waals surface area contributed by atoms with E-state index in [1.807, 2.05) is 0 Å². The molecule has 0 saturated heterocycles. The topological polar surface area (TPSA) is 3.24 Å². The van der Waals surface area contributed by atoms with E-state index in [9.17, 15) is 0 Å². The summed E-state index contributed by atoms with van der Waals surface area (Å²) >= 11 is 0. The van der Waals surface area contributed by atoms with Crippen LogP contribution in [0.15, 0.2) is 212 Å². The highest BCUT2D eigenvalue weighted by Gasteiger charge is 2.16. The fourth-order valence-corrected chi connectivity index (χ4v) is 7.31. The van der Waals surface area contributed by atoms with Gasteiger partial charge in [-0.3, -0.25) is 0 Å². The Balaban J connectivity index is 1.15. The molecular formula is C50H35N. The lowest BCUT2D eigenvalue weighted by Crippen LogP contribution is -2.10. The van der Waals surface area contributed by atoms with Crippen LogP contribution in [0.1, 0.15) is 0 Å². The van der Waals surface area contributed by atoms with Crippen molar-refractivity contribution in [1.82, 2.24) is 0 Å². The van der Waals surface area contributed by atoms with E-state index < -0.39 is 0 Å². The largest absolute Gasteiger partial charge is 0.310 e. The highest BCUT2D eigenvalue weighted by molar-refractivity contribution is 5.98. The Morgan fingerprint density at radius 2 is 0.647 bits per heavy atom. The van der Waals surface area contributed by atoms with Gasteiger partial charge in [-0.2, -0.15) is 0 Å². The first-order chi connectivity index (χ1) is 25.3. The maximum Gasteiger partial charge on any atom is 0.0467 e. The summed E-state index contributed by atoms with van der Waals surface area (Å²) in [5.41, 5.74) is 13.0. The smallest absolute Gasteiger partial charge is 0.0467 e. The Hall–Kier alpha value is -6.70. The van der Waals surface area contributed by atoms with Crippen LogP contribution in [0.5, 0.6) is 0 Å². The summed E-state index contributed by atoms with van der Waals surface area (Å²) in [5, 5.41) is 5.01. The van der Waals surface area contributed by atoms with Crippen LogP contribution in [-0.4, -0.2) is 0 Å². The second-order valence-electron chi connectivity index (χ2n) is 13.0. The summed E-state index contributed by atoms with van der Waals surface area (Å²) in [6.45, 7) is 0. The van der Waals surface area contributed by atoms with E-state index in [0.29, 0.717) is 0 Å². The van der Waals surface area contributed by atoms with Gasteiger partial charge in [0.1, 0.15) is 0 Å². The van der Waals surface area contributed by atoms with E-state index in [-0.39, 0.29) is 0 Å². The first-order valence-electron chi connectivity index (χ1n) is 17.5. The fourth-order valence-electron chi connectivity index (χ4n) is 7.31.